The van der Waals surface area contributed by atoms with E-state index in [1.165, 1.54) is 0 Å². The maximum Gasteiger partial charge on any atom is 0.0647 e. The van der Waals surface area contributed by atoms with E-state index in [1.54, 1.807) is 6.20 Å². The standard InChI is InChI=1S/C17H16ClN3/c1-13(16-5-2-3-6-17(16)18)20-14-7-9-15(10-8-14)21-12-4-11-19-21/h2-13,20H,1H3. The quantitative estimate of drug-likeness (QED) is 0.756. The van der Waals surface area contributed by atoms with Crippen LogP contribution in [0.4, 0.5) is 5.69 Å². The van der Waals surface area contributed by atoms with Crippen molar-refractivity contribution in [2.75, 3.05) is 5.32 Å². The molecule has 0 aliphatic heterocycles. The Labute approximate surface area is 129 Å². The summed E-state index contributed by atoms with van der Waals surface area (Å²) in [7, 11) is 0. The third-order valence-electron chi connectivity index (χ3n) is 3.39. The van der Waals surface area contributed by atoms with E-state index in [-0.39, 0.29) is 6.04 Å². The molecule has 1 heterocycles. The molecule has 0 aliphatic rings. The molecule has 3 nitrogen and oxygen atoms in total. The molecule has 2 aromatic carbocycles. The van der Waals surface area contributed by atoms with E-state index in [0.29, 0.717) is 0 Å². The Balaban J connectivity index is 1.75. The number of anilines is 1. The summed E-state index contributed by atoms with van der Waals surface area (Å²) >= 11 is 6.23. The lowest BCUT2D eigenvalue weighted by Gasteiger charge is -2.17. The monoisotopic (exact) mass is 297 g/mol. The van der Waals surface area contributed by atoms with Crippen molar-refractivity contribution in [3.8, 4) is 5.69 Å². The zero-order valence-corrected chi connectivity index (χ0v) is 12.5. The van der Waals surface area contributed by atoms with Crippen molar-refractivity contribution in [1.82, 2.24) is 9.78 Å². The normalized spacial score (nSPS) is 12.1. The molecule has 3 aromatic rings. The zero-order valence-electron chi connectivity index (χ0n) is 11.7. The van der Waals surface area contributed by atoms with Crippen molar-refractivity contribution in [3.63, 3.8) is 0 Å². The van der Waals surface area contributed by atoms with Crippen LogP contribution >= 0.6 is 11.6 Å². The molecule has 0 radical (unpaired) electrons. The topological polar surface area (TPSA) is 29.9 Å². The maximum atomic E-state index is 6.23. The molecule has 1 aromatic heterocycles. The van der Waals surface area contributed by atoms with Crippen LogP contribution in [0.25, 0.3) is 5.69 Å². The minimum absolute atomic E-state index is 0.147. The second-order valence-electron chi connectivity index (χ2n) is 4.89. The van der Waals surface area contributed by atoms with Gasteiger partial charge in [-0.25, -0.2) is 4.68 Å². The van der Waals surface area contributed by atoms with Gasteiger partial charge in [0.05, 0.1) is 5.69 Å². The molecule has 106 valence electrons. The molecule has 3 rings (SSSR count). The van der Waals surface area contributed by atoms with Gasteiger partial charge in [-0.1, -0.05) is 29.8 Å². The number of nitrogens with one attached hydrogen (secondary N) is 1. The van der Waals surface area contributed by atoms with Gasteiger partial charge in [-0.15, -0.1) is 0 Å². The Kier molecular flexibility index (Phi) is 3.93. The number of hydrogen-bond acceptors (Lipinski definition) is 2. The van der Waals surface area contributed by atoms with Crippen LogP contribution in [0.5, 0.6) is 0 Å². The highest BCUT2D eigenvalue weighted by Gasteiger charge is 2.08. The van der Waals surface area contributed by atoms with Crippen molar-refractivity contribution in [2.24, 2.45) is 0 Å². The SMILES string of the molecule is CC(Nc1ccc(-n2cccn2)cc1)c1ccccc1Cl. The van der Waals surface area contributed by atoms with E-state index in [9.17, 15) is 0 Å². The van der Waals surface area contributed by atoms with Gasteiger partial charge >= 0.3 is 0 Å². The second kappa shape index (κ2) is 6.02. The fourth-order valence-electron chi connectivity index (χ4n) is 2.29. The number of rotatable bonds is 4. The number of benzene rings is 2. The molecular formula is C17H16ClN3. The predicted octanol–water partition coefficient (Wildman–Crippen LogP) is 4.70. The summed E-state index contributed by atoms with van der Waals surface area (Å²) in [5.74, 6) is 0. The fourth-order valence-corrected chi connectivity index (χ4v) is 2.59. The average molecular weight is 298 g/mol. The number of halogens is 1. The molecule has 0 fully saturated rings. The van der Waals surface area contributed by atoms with Gasteiger partial charge in [0.2, 0.25) is 0 Å². The minimum Gasteiger partial charge on any atom is -0.378 e. The van der Waals surface area contributed by atoms with Crippen LogP contribution in [0.1, 0.15) is 18.5 Å². The summed E-state index contributed by atoms with van der Waals surface area (Å²) in [6.07, 6.45) is 3.69. The molecule has 1 N–H and O–H groups in total. The van der Waals surface area contributed by atoms with Gasteiger partial charge in [0.15, 0.2) is 0 Å². The molecule has 0 spiro atoms. The summed E-state index contributed by atoms with van der Waals surface area (Å²) in [6.45, 7) is 2.10. The number of aromatic nitrogens is 2. The molecule has 0 aliphatic carbocycles. The average Bonchev–Trinajstić information content (AvgIpc) is 3.02. The van der Waals surface area contributed by atoms with Gasteiger partial charge in [-0.2, -0.15) is 5.10 Å². The molecule has 1 atom stereocenters. The van der Waals surface area contributed by atoms with Crippen LogP contribution < -0.4 is 5.32 Å². The van der Waals surface area contributed by atoms with E-state index in [1.807, 2.05) is 65.5 Å². The van der Waals surface area contributed by atoms with Crippen LogP contribution in [0.2, 0.25) is 5.02 Å². The Bertz CT molecular complexity index is 705. The molecular weight excluding hydrogens is 282 g/mol. The fraction of sp³-hybridized carbons (Fsp3) is 0.118. The van der Waals surface area contributed by atoms with Gasteiger partial charge in [0.1, 0.15) is 0 Å². The lowest BCUT2D eigenvalue weighted by molar-refractivity contribution is 0.874. The summed E-state index contributed by atoms with van der Waals surface area (Å²) in [5.41, 5.74) is 3.18. The van der Waals surface area contributed by atoms with E-state index < -0.39 is 0 Å². The second-order valence-corrected chi connectivity index (χ2v) is 5.29. The summed E-state index contributed by atoms with van der Waals surface area (Å²) < 4.78 is 1.83. The Hall–Kier alpha value is -2.26. The van der Waals surface area contributed by atoms with Crippen molar-refractivity contribution < 1.29 is 0 Å². The van der Waals surface area contributed by atoms with E-state index >= 15 is 0 Å². The molecule has 0 saturated heterocycles. The van der Waals surface area contributed by atoms with Gasteiger partial charge in [0, 0.05) is 29.1 Å². The highest BCUT2D eigenvalue weighted by Crippen LogP contribution is 2.25. The first-order valence-electron chi connectivity index (χ1n) is 6.85. The largest absolute Gasteiger partial charge is 0.378 e. The van der Waals surface area contributed by atoms with Crippen molar-refractivity contribution in [1.29, 1.82) is 0 Å². The Morgan fingerprint density at radius 2 is 1.81 bits per heavy atom. The van der Waals surface area contributed by atoms with Crippen LogP contribution in [0, 0.1) is 0 Å². The van der Waals surface area contributed by atoms with Crippen LogP contribution in [0.15, 0.2) is 67.0 Å². The first-order valence-corrected chi connectivity index (χ1v) is 7.23. The van der Waals surface area contributed by atoms with E-state index in [2.05, 4.69) is 17.3 Å². The van der Waals surface area contributed by atoms with Crippen molar-refractivity contribution in [2.45, 2.75) is 13.0 Å². The Morgan fingerprint density at radius 1 is 1.05 bits per heavy atom. The molecule has 0 amide bonds. The van der Waals surface area contributed by atoms with Gasteiger partial charge in [0.25, 0.3) is 0 Å². The minimum atomic E-state index is 0.147. The molecule has 1 unspecified atom stereocenters. The summed E-state index contributed by atoms with van der Waals surface area (Å²) in [6, 6.07) is 18.1. The van der Waals surface area contributed by atoms with Gasteiger partial charge in [-0.05, 0) is 48.9 Å². The first kappa shape index (κ1) is 13.7. The van der Waals surface area contributed by atoms with E-state index in [0.717, 1.165) is 22.0 Å². The van der Waals surface area contributed by atoms with Gasteiger partial charge in [-0.3, -0.25) is 0 Å². The number of nitrogens with zero attached hydrogens (tertiary/aromatic N) is 2. The maximum absolute atomic E-state index is 6.23. The Morgan fingerprint density at radius 3 is 2.48 bits per heavy atom. The van der Waals surface area contributed by atoms with Crippen LogP contribution in [-0.4, -0.2) is 9.78 Å². The molecule has 0 saturated carbocycles. The number of hydrogen-bond donors (Lipinski definition) is 1. The summed E-state index contributed by atoms with van der Waals surface area (Å²) in [4.78, 5) is 0. The predicted molar refractivity (Wildman–Crippen MR) is 87.1 cm³/mol. The lowest BCUT2D eigenvalue weighted by atomic mass is 10.1. The third-order valence-corrected chi connectivity index (χ3v) is 3.74. The van der Waals surface area contributed by atoms with Crippen LogP contribution in [-0.2, 0) is 0 Å². The summed E-state index contributed by atoms with van der Waals surface area (Å²) in [5, 5.41) is 8.46. The zero-order chi connectivity index (χ0) is 14.7. The third kappa shape index (κ3) is 3.09. The molecule has 21 heavy (non-hydrogen) atoms. The van der Waals surface area contributed by atoms with Crippen molar-refractivity contribution in [3.05, 3.63) is 77.6 Å². The van der Waals surface area contributed by atoms with E-state index in [4.69, 9.17) is 11.6 Å². The van der Waals surface area contributed by atoms with Gasteiger partial charge < -0.3 is 5.32 Å². The molecule has 4 heteroatoms. The van der Waals surface area contributed by atoms with Crippen LogP contribution in [0.3, 0.4) is 0 Å². The highest BCUT2D eigenvalue weighted by atomic mass is 35.5. The van der Waals surface area contributed by atoms with Crippen molar-refractivity contribution >= 4 is 17.3 Å². The molecule has 0 bridgehead atoms. The highest BCUT2D eigenvalue weighted by molar-refractivity contribution is 6.31. The lowest BCUT2D eigenvalue weighted by Crippen LogP contribution is -2.07. The smallest absolute Gasteiger partial charge is 0.0647 e. The first-order chi connectivity index (χ1) is 10.2.